The Morgan fingerprint density at radius 3 is 2.91 bits per heavy atom. The van der Waals surface area contributed by atoms with Gasteiger partial charge in [0.2, 0.25) is 5.91 Å². The molecule has 5 heteroatoms. The molecular formula is C17H21N3O2. The van der Waals surface area contributed by atoms with Crippen LogP contribution in [0.1, 0.15) is 35.7 Å². The second kappa shape index (κ2) is 5.09. The Morgan fingerprint density at radius 1 is 1.32 bits per heavy atom. The number of likely N-dealkylation sites (tertiary alicyclic amines) is 1. The molecule has 1 aromatic carbocycles. The lowest BCUT2D eigenvalue weighted by atomic mass is 10.0. The summed E-state index contributed by atoms with van der Waals surface area (Å²) in [6.45, 7) is 4.25. The number of amides is 2. The van der Waals surface area contributed by atoms with Crippen LogP contribution in [0.15, 0.2) is 18.2 Å². The molecule has 22 heavy (non-hydrogen) atoms. The summed E-state index contributed by atoms with van der Waals surface area (Å²) in [6, 6.07) is 6.42. The Balaban J connectivity index is 1.44. The number of anilines is 1. The summed E-state index contributed by atoms with van der Waals surface area (Å²) >= 11 is 0. The number of nitrogens with one attached hydrogen (secondary N) is 2. The highest BCUT2D eigenvalue weighted by molar-refractivity contribution is 6.01. The number of hydrogen-bond acceptors (Lipinski definition) is 3. The average Bonchev–Trinajstić information content (AvgIpc) is 3.17. The van der Waals surface area contributed by atoms with E-state index in [1.54, 1.807) is 6.07 Å². The van der Waals surface area contributed by atoms with E-state index in [9.17, 15) is 9.59 Å². The van der Waals surface area contributed by atoms with Crippen LogP contribution in [0.3, 0.4) is 0 Å². The van der Waals surface area contributed by atoms with Gasteiger partial charge in [-0.3, -0.25) is 14.5 Å². The molecule has 0 radical (unpaired) electrons. The van der Waals surface area contributed by atoms with Gasteiger partial charge in [-0.2, -0.15) is 0 Å². The van der Waals surface area contributed by atoms with Crippen molar-refractivity contribution in [3.05, 3.63) is 29.3 Å². The molecule has 2 amide bonds. The average molecular weight is 299 g/mol. The van der Waals surface area contributed by atoms with Gasteiger partial charge in [0.05, 0.1) is 6.42 Å². The predicted molar refractivity (Wildman–Crippen MR) is 83.8 cm³/mol. The molecule has 0 unspecified atom stereocenters. The van der Waals surface area contributed by atoms with E-state index >= 15 is 0 Å². The quantitative estimate of drug-likeness (QED) is 0.887. The second-order valence-corrected chi connectivity index (χ2v) is 6.84. The van der Waals surface area contributed by atoms with E-state index in [-0.39, 0.29) is 17.9 Å². The zero-order valence-electron chi connectivity index (χ0n) is 12.8. The van der Waals surface area contributed by atoms with Crippen molar-refractivity contribution in [2.75, 3.05) is 18.4 Å². The van der Waals surface area contributed by atoms with Crippen molar-refractivity contribution in [2.45, 2.75) is 38.3 Å². The van der Waals surface area contributed by atoms with Gasteiger partial charge in [-0.15, -0.1) is 0 Å². The fourth-order valence-electron chi connectivity index (χ4n) is 3.55. The third kappa shape index (κ3) is 2.50. The third-order valence-electron chi connectivity index (χ3n) is 5.01. The molecule has 2 fully saturated rings. The molecule has 1 aromatic rings. The molecule has 1 saturated heterocycles. The van der Waals surface area contributed by atoms with E-state index in [4.69, 9.17) is 0 Å². The standard InChI is InChI=1S/C17H21N3O2/c1-10-8-20(13-3-4-13)9-15(10)19-17(22)11-2-5-14-12(6-11)7-16(21)18-14/h2,5-6,10,13,15H,3-4,7-9H2,1H3,(H,18,21)(H,19,22)/t10-,15+/m0/s1. The highest BCUT2D eigenvalue weighted by Crippen LogP contribution is 2.32. The molecule has 2 atom stereocenters. The van der Waals surface area contributed by atoms with Crippen molar-refractivity contribution in [1.82, 2.24) is 10.2 Å². The van der Waals surface area contributed by atoms with E-state index in [1.165, 1.54) is 12.8 Å². The molecule has 2 N–H and O–H groups in total. The van der Waals surface area contributed by atoms with Crippen molar-refractivity contribution in [3.63, 3.8) is 0 Å². The zero-order chi connectivity index (χ0) is 15.3. The van der Waals surface area contributed by atoms with E-state index in [1.807, 2.05) is 12.1 Å². The predicted octanol–water partition coefficient (Wildman–Crippen LogP) is 1.39. The van der Waals surface area contributed by atoms with Gasteiger partial charge in [-0.05, 0) is 42.5 Å². The molecule has 0 bridgehead atoms. The minimum atomic E-state index is -0.0309. The highest BCUT2D eigenvalue weighted by Gasteiger charge is 2.38. The Morgan fingerprint density at radius 2 is 2.14 bits per heavy atom. The number of hydrogen-bond donors (Lipinski definition) is 2. The fourth-order valence-corrected chi connectivity index (χ4v) is 3.55. The van der Waals surface area contributed by atoms with Crippen molar-refractivity contribution in [1.29, 1.82) is 0 Å². The van der Waals surface area contributed by atoms with Gasteiger partial charge in [0.25, 0.3) is 5.91 Å². The summed E-state index contributed by atoms with van der Waals surface area (Å²) in [7, 11) is 0. The summed E-state index contributed by atoms with van der Waals surface area (Å²) in [6.07, 6.45) is 2.98. The Hall–Kier alpha value is -1.88. The van der Waals surface area contributed by atoms with Crippen molar-refractivity contribution >= 4 is 17.5 Å². The number of rotatable bonds is 3. The molecule has 2 aliphatic heterocycles. The molecule has 3 aliphatic rings. The number of carbonyl (C=O) groups excluding carboxylic acids is 2. The first-order chi connectivity index (χ1) is 10.6. The molecule has 5 nitrogen and oxygen atoms in total. The first kappa shape index (κ1) is 13.8. The molecular weight excluding hydrogens is 278 g/mol. The van der Waals surface area contributed by atoms with E-state index < -0.39 is 0 Å². The van der Waals surface area contributed by atoms with Crippen molar-refractivity contribution in [3.8, 4) is 0 Å². The number of benzene rings is 1. The minimum Gasteiger partial charge on any atom is -0.348 e. The van der Waals surface area contributed by atoms with Gasteiger partial charge >= 0.3 is 0 Å². The SMILES string of the molecule is C[C@H]1CN(C2CC2)C[C@H]1NC(=O)c1ccc2c(c1)CC(=O)N2. The first-order valence-corrected chi connectivity index (χ1v) is 8.08. The summed E-state index contributed by atoms with van der Waals surface area (Å²) in [5, 5.41) is 5.97. The Bertz CT molecular complexity index is 639. The lowest BCUT2D eigenvalue weighted by Gasteiger charge is -2.17. The van der Waals surface area contributed by atoms with Crippen LogP contribution in [0, 0.1) is 5.92 Å². The molecule has 2 heterocycles. The highest BCUT2D eigenvalue weighted by atomic mass is 16.2. The molecule has 4 rings (SSSR count). The fraction of sp³-hybridized carbons (Fsp3) is 0.529. The summed E-state index contributed by atoms with van der Waals surface area (Å²) in [5.41, 5.74) is 2.39. The normalized spacial score (nSPS) is 27.6. The van der Waals surface area contributed by atoms with Crippen LogP contribution < -0.4 is 10.6 Å². The van der Waals surface area contributed by atoms with Crippen LogP contribution >= 0.6 is 0 Å². The molecule has 0 aromatic heterocycles. The van der Waals surface area contributed by atoms with Crippen LogP contribution in [0.4, 0.5) is 5.69 Å². The van der Waals surface area contributed by atoms with Gasteiger partial charge in [-0.1, -0.05) is 6.92 Å². The lowest BCUT2D eigenvalue weighted by molar-refractivity contribution is -0.115. The maximum absolute atomic E-state index is 12.5. The summed E-state index contributed by atoms with van der Waals surface area (Å²) < 4.78 is 0. The minimum absolute atomic E-state index is 0.00273. The summed E-state index contributed by atoms with van der Waals surface area (Å²) in [4.78, 5) is 26.4. The monoisotopic (exact) mass is 299 g/mol. The van der Waals surface area contributed by atoms with Crippen molar-refractivity contribution < 1.29 is 9.59 Å². The largest absolute Gasteiger partial charge is 0.348 e. The van der Waals surface area contributed by atoms with E-state index in [2.05, 4.69) is 22.5 Å². The van der Waals surface area contributed by atoms with Crippen LogP contribution in [0.2, 0.25) is 0 Å². The maximum Gasteiger partial charge on any atom is 0.251 e. The van der Waals surface area contributed by atoms with Gasteiger partial charge in [0, 0.05) is 36.4 Å². The Kier molecular flexibility index (Phi) is 3.18. The molecule has 0 spiro atoms. The first-order valence-electron chi connectivity index (χ1n) is 8.08. The van der Waals surface area contributed by atoms with Crippen LogP contribution in [-0.4, -0.2) is 41.9 Å². The lowest BCUT2D eigenvalue weighted by Crippen LogP contribution is -2.40. The summed E-state index contributed by atoms with van der Waals surface area (Å²) in [5.74, 6) is 0.455. The zero-order valence-corrected chi connectivity index (χ0v) is 12.8. The van der Waals surface area contributed by atoms with Gasteiger partial charge in [0.1, 0.15) is 0 Å². The van der Waals surface area contributed by atoms with Crippen LogP contribution in [0.5, 0.6) is 0 Å². The molecule has 1 saturated carbocycles. The smallest absolute Gasteiger partial charge is 0.251 e. The Labute approximate surface area is 130 Å². The van der Waals surface area contributed by atoms with E-state index in [0.29, 0.717) is 17.9 Å². The number of nitrogens with zero attached hydrogens (tertiary/aromatic N) is 1. The molecule has 1 aliphatic carbocycles. The van der Waals surface area contributed by atoms with Gasteiger partial charge in [-0.25, -0.2) is 0 Å². The maximum atomic E-state index is 12.5. The van der Waals surface area contributed by atoms with E-state index in [0.717, 1.165) is 30.4 Å². The van der Waals surface area contributed by atoms with Crippen molar-refractivity contribution in [2.24, 2.45) is 5.92 Å². The van der Waals surface area contributed by atoms with Crippen LogP contribution in [0.25, 0.3) is 0 Å². The number of fused-ring (bicyclic) bond motifs is 1. The van der Waals surface area contributed by atoms with Gasteiger partial charge in [0.15, 0.2) is 0 Å². The third-order valence-corrected chi connectivity index (χ3v) is 5.01. The van der Waals surface area contributed by atoms with Crippen LogP contribution in [-0.2, 0) is 11.2 Å². The molecule has 116 valence electrons. The topological polar surface area (TPSA) is 61.4 Å². The van der Waals surface area contributed by atoms with Gasteiger partial charge < -0.3 is 10.6 Å². The second-order valence-electron chi connectivity index (χ2n) is 6.84. The number of carbonyl (C=O) groups is 2.